The molecule has 3 heterocycles. The van der Waals surface area contributed by atoms with Crippen molar-refractivity contribution in [2.75, 3.05) is 41.7 Å². The zero-order chi connectivity index (χ0) is 30.0. The van der Waals surface area contributed by atoms with Crippen molar-refractivity contribution in [3.63, 3.8) is 0 Å². The molecule has 5 rings (SSSR count). The van der Waals surface area contributed by atoms with Crippen LogP contribution in [0.5, 0.6) is 0 Å². The van der Waals surface area contributed by atoms with Crippen molar-refractivity contribution in [3.05, 3.63) is 95.3 Å². The number of amides is 3. The molecule has 0 spiro atoms. The van der Waals surface area contributed by atoms with Crippen LogP contribution in [0.1, 0.15) is 42.4 Å². The van der Waals surface area contributed by atoms with Gasteiger partial charge in [-0.15, -0.1) is 0 Å². The molecule has 0 saturated carbocycles. The van der Waals surface area contributed by atoms with Crippen LogP contribution in [0, 0.1) is 18.6 Å². The van der Waals surface area contributed by atoms with Gasteiger partial charge in [0.15, 0.2) is 0 Å². The van der Waals surface area contributed by atoms with E-state index >= 15 is 0 Å². The summed E-state index contributed by atoms with van der Waals surface area (Å²) in [6, 6.07) is 15.8. The molecule has 2 aromatic heterocycles. The number of nitrogens with one attached hydrogen (secondary N) is 2. The predicted molar refractivity (Wildman–Crippen MR) is 158 cm³/mol. The largest absolute Gasteiger partial charge is 0.353 e. The number of urea groups is 1. The number of hydrogen-bond acceptors (Lipinski definition) is 5. The summed E-state index contributed by atoms with van der Waals surface area (Å²) in [5.41, 5.74) is 2.96. The van der Waals surface area contributed by atoms with Crippen molar-refractivity contribution in [3.8, 4) is 5.69 Å². The smallest absolute Gasteiger partial charge is 0.324 e. The van der Waals surface area contributed by atoms with E-state index in [1.807, 2.05) is 42.2 Å². The van der Waals surface area contributed by atoms with Crippen molar-refractivity contribution < 1.29 is 18.4 Å². The summed E-state index contributed by atoms with van der Waals surface area (Å²) < 4.78 is 29.0. The van der Waals surface area contributed by atoms with Crippen LogP contribution in [0.2, 0.25) is 0 Å². The molecule has 4 aromatic rings. The van der Waals surface area contributed by atoms with Crippen LogP contribution in [0.3, 0.4) is 0 Å². The Morgan fingerprint density at radius 2 is 1.60 bits per heavy atom. The number of rotatable bonds is 5. The zero-order valence-electron chi connectivity index (χ0n) is 24.0. The first-order valence-electron chi connectivity index (χ1n) is 13.7. The Morgan fingerprint density at radius 1 is 0.881 bits per heavy atom. The van der Waals surface area contributed by atoms with E-state index in [-0.39, 0.29) is 11.0 Å². The summed E-state index contributed by atoms with van der Waals surface area (Å²) in [4.78, 5) is 33.7. The van der Waals surface area contributed by atoms with E-state index in [1.165, 1.54) is 6.07 Å². The van der Waals surface area contributed by atoms with Gasteiger partial charge in [0.1, 0.15) is 23.3 Å². The van der Waals surface area contributed by atoms with Crippen LogP contribution in [0.4, 0.5) is 30.9 Å². The lowest BCUT2D eigenvalue weighted by Gasteiger charge is -2.35. The fraction of sp³-hybridized carbons (Fsp3) is 0.290. The number of carbonyl (C=O) groups is 2. The second-order valence-corrected chi connectivity index (χ2v) is 11.3. The Hall–Kier alpha value is -4.80. The van der Waals surface area contributed by atoms with Gasteiger partial charge in [0.2, 0.25) is 0 Å². The Labute approximate surface area is 243 Å². The summed E-state index contributed by atoms with van der Waals surface area (Å²) in [5, 5.41) is 10.5. The number of benzene rings is 2. The molecule has 0 bridgehead atoms. The third kappa shape index (κ3) is 6.40. The van der Waals surface area contributed by atoms with E-state index in [0.29, 0.717) is 49.6 Å². The highest BCUT2D eigenvalue weighted by Gasteiger charge is 2.25. The molecule has 0 atom stereocenters. The molecule has 42 heavy (non-hydrogen) atoms. The average molecular weight is 574 g/mol. The number of hydrogen-bond donors (Lipinski definition) is 2. The zero-order valence-corrected chi connectivity index (χ0v) is 24.0. The molecule has 1 aliphatic rings. The Bertz CT molecular complexity index is 1590. The molecule has 9 nitrogen and oxygen atoms in total. The molecule has 3 amide bonds. The van der Waals surface area contributed by atoms with Crippen LogP contribution in [-0.2, 0) is 5.41 Å². The SMILES string of the molecule is Cc1ccc(-n2nc(C(C)(C)C)cc2NC(=O)Nc2ccc(N3CCN(C(=O)c4ccc(F)cc4F)CC3)nc2)cc1. The summed E-state index contributed by atoms with van der Waals surface area (Å²) in [6.45, 7) is 9.93. The fourth-order valence-electron chi connectivity index (χ4n) is 4.62. The lowest BCUT2D eigenvalue weighted by Crippen LogP contribution is -2.49. The molecule has 0 unspecified atom stereocenters. The number of carbonyl (C=O) groups excluding carboxylic acids is 2. The van der Waals surface area contributed by atoms with E-state index in [1.54, 1.807) is 27.9 Å². The first-order chi connectivity index (χ1) is 20.0. The Morgan fingerprint density at radius 3 is 2.21 bits per heavy atom. The van der Waals surface area contributed by atoms with Gasteiger partial charge in [-0.05, 0) is 43.3 Å². The minimum atomic E-state index is -0.870. The summed E-state index contributed by atoms with van der Waals surface area (Å²) in [7, 11) is 0. The van der Waals surface area contributed by atoms with Gasteiger partial charge in [-0.25, -0.2) is 23.2 Å². The maximum Gasteiger partial charge on any atom is 0.324 e. The van der Waals surface area contributed by atoms with Gasteiger partial charge in [-0.3, -0.25) is 10.1 Å². The normalized spacial score (nSPS) is 13.7. The molecule has 218 valence electrons. The third-order valence-corrected chi connectivity index (χ3v) is 7.06. The molecule has 1 saturated heterocycles. The van der Waals surface area contributed by atoms with Crippen LogP contribution in [0.15, 0.2) is 66.9 Å². The lowest BCUT2D eigenvalue weighted by atomic mass is 9.92. The second kappa shape index (κ2) is 11.6. The van der Waals surface area contributed by atoms with Crippen molar-refractivity contribution >= 4 is 29.3 Å². The maximum absolute atomic E-state index is 14.1. The molecule has 11 heteroatoms. The first-order valence-corrected chi connectivity index (χ1v) is 13.7. The van der Waals surface area contributed by atoms with E-state index in [2.05, 4.69) is 36.4 Å². The van der Waals surface area contributed by atoms with Crippen molar-refractivity contribution in [1.82, 2.24) is 19.7 Å². The molecule has 2 N–H and O–H groups in total. The Balaban J connectivity index is 1.20. The molecule has 0 radical (unpaired) electrons. The number of aryl methyl sites for hydroxylation is 1. The van der Waals surface area contributed by atoms with Crippen LogP contribution in [0.25, 0.3) is 5.69 Å². The van der Waals surface area contributed by atoms with Crippen molar-refractivity contribution in [1.29, 1.82) is 0 Å². The minimum Gasteiger partial charge on any atom is -0.353 e. The Kier molecular flexibility index (Phi) is 7.93. The molecular weight excluding hydrogens is 540 g/mol. The van der Waals surface area contributed by atoms with Crippen molar-refractivity contribution in [2.24, 2.45) is 0 Å². The monoisotopic (exact) mass is 573 g/mol. The van der Waals surface area contributed by atoms with Gasteiger partial charge < -0.3 is 15.1 Å². The van der Waals surface area contributed by atoms with E-state index in [9.17, 15) is 18.4 Å². The second-order valence-electron chi connectivity index (χ2n) is 11.3. The van der Waals surface area contributed by atoms with Crippen LogP contribution >= 0.6 is 0 Å². The van der Waals surface area contributed by atoms with Gasteiger partial charge in [0.25, 0.3) is 5.91 Å². The minimum absolute atomic E-state index is 0.145. The highest BCUT2D eigenvalue weighted by atomic mass is 19.1. The number of anilines is 3. The topological polar surface area (TPSA) is 95.4 Å². The number of nitrogens with zero attached hydrogens (tertiary/aromatic N) is 5. The highest BCUT2D eigenvalue weighted by molar-refractivity contribution is 5.99. The third-order valence-electron chi connectivity index (χ3n) is 7.06. The maximum atomic E-state index is 14.1. The number of piperazine rings is 1. The average Bonchev–Trinajstić information content (AvgIpc) is 3.38. The van der Waals surface area contributed by atoms with Crippen molar-refractivity contribution in [2.45, 2.75) is 33.1 Å². The molecule has 2 aromatic carbocycles. The highest BCUT2D eigenvalue weighted by Crippen LogP contribution is 2.27. The fourth-order valence-corrected chi connectivity index (χ4v) is 4.62. The number of halogens is 2. The van der Waals surface area contributed by atoms with E-state index in [0.717, 1.165) is 23.0 Å². The summed E-state index contributed by atoms with van der Waals surface area (Å²) in [5.74, 6) is -0.833. The lowest BCUT2D eigenvalue weighted by molar-refractivity contribution is 0.0741. The quantitative estimate of drug-likeness (QED) is 0.317. The summed E-state index contributed by atoms with van der Waals surface area (Å²) >= 11 is 0. The molecule has 1 aliphatic heterocycles. The molecule has 1 fully saturated rings. The number of aromatic nitrogens is 3. The van der Waals surface area contributed by atoms with E-state index < -0.39 is 23.6 Å². The van der Waals surface area contributed by atoms with E-state index in [4.69, 9.17) is 5.10 Å². The summed E-state index contributed by atoms with van der Waals surface area (Å²) in [6.07, 6.45) is 1.57. The van der Waals surface area contributed by atoms with Gasteiger partial charge in [-0.2, -0.15) is 5.10 Å². The predicted octanol–water partition coefficient (Wildman–Crippen LogP) is 5.76. The van der Waals surface area contributed by atoms with Gasteiger partial charge in [0.05, 0.1) is 28.8 Å². The van der Waals surface area contributed by atoms with Gasteiger partial charge in [-0.1, -0.05) is 38.5 Å². The standard InChI is InChI=1S/C31H33F2N7O2/c1-20-5-9-23(10-6-20)40-28(18-26(37-40)31(2,3)4)36-30(42)35-22-8-12-27(34-19-22)38-13-15-39(16-14-38)29(41)24-11-7-21(32)17-25(24)33/h5-12,17-19H,13-16H2,1-4H3,(H2,35,36,42). The van der Waals surface area contributed by atoms with Crippen LogP contribution < -0.4 is 15.5 Å². The molecule has 0 aliphatic carbocycles. The van der Waals surface area contributed by atoms with Gasteiger partial charge in [0, 0.05) is 43.7 Å². The molecular formula is C31H33F2N7O2. The first kappa shape index (κ1) is 28.7. The number of pyridine rings is 1. The van der Waals surface area contributed by atoms with Gasteiger partial charge >= 0.3 is 6.03 Å². The van der Waals surface area contributed by atoms with Crippen LogP contribution in [-0.4, -0.2) is 57.8 Å².